The van der Waals surface area contributed by atoms with E-state index in [1.807, 2.05) is 24.3 Å². The lowest BCUT2D eigenvalue weighted by Gasteiger charge is -2.37. The van der Waals surface area contributed by atoms with Crippen LogP contribution in [-0.4, -0.2) is 30.4 Å². The Balaban J connectivity index is 3.22. The highest BCUT2D eigenvalue weighted by molar-refractivity contribution is 9.10. The Morgan fingerprint density at radius 3 is 2.30 bits per heavy atom. The minimum absolute atomic E-state index is 0.174. The smallest absolute Gasteiger partial charge is 0.429 e. The zero-order chi connectivity index (χ0) is 17.5. The van der Waals surface area contributed by atoms with Crippen LogP contribution >= 0.6 is 15.9 Å². The molecule has 0 aromatic heterocycles. The molecule has 0 fully saturated rings. The zero-order valence-corrected chi connectivity index (χ0v) is 15.1. The lowest BCUT2D eigenvalue weighted by molar-refractivity contribution is 0.0376. The second kappa shape index (κ2) is 8.57. The minimum atomic E-state index is -1.01. The maximum Gasteiger partial charge on any atom is 0.429 e. The molecule has 6 nitrogen and oxygen atoms in total. The van der Waals surface area contributed by atoms with Gasteiger partial charge in [-0.15, -0.1) is 6.58 Å². The number of hydrogen-bond acceptors (Lipinski definition) is 4. The van der Waals surface area contributed by atoms with Gasteiger partial charge in [0.15, 0.2) is 0 Å². The van der Waals surface area contributed by atoms with Crippen LogP contribution in [0.5, 0.6) is 0 Å². The molecule has 1 aromatic rings. The van der Waals surface area contributed by atoms with Crippen LogP contribution in [0.15, 0.2) is 41.4 Å². The summed E-state index contributed by atoms with van der Waals surface area (Å²) in [4.78, 5) is 24.1. The molecule has 1 N–H and O–H groups in total. The highest BCUT2D eigenvalue weighted by Crippen LogP contribution is 2.30. The van der Waals surface area contributed by atoms with E-state index in [2.05, 4.69) is 27.9 Å². The monoisotopic (exact) mass is 384 g/mol. The van der Waals surface area contributed by atoms with Crippen molar-refractivity contribution in [1.82, 2.24) is 10.4 Å². The standard InChI is InChI=1S/C16H21BrN2O4/c1-5-16(4,12-8-10-13(17)11-9-12)19(15(21)23-7-3)18-14(20)22-6-2/h5,8-11H,1,6-7H2,2-4H3,(H,18,20). The minimum Gasteiger partial charge on any atom is -0.449 e. The van der Waals surface area contributed by atoms with Gasteiger partial charge in [-0.3, -0.25) is 0 Å². The summed E-state index contributed by atoms with van der Waals surface area (Å²) in [5.41, 5.74) is 2.16. The number of benzene rings is 1. The third-order valence-corrected chi connectivity index (χ3v) is 3.75. The summed E-state index contributed by atoms with van der Waals surface area (Å²) in [5, 5.41) is 1.07. The van der Waals surface area contributed by atoms with Crippen LogP contribution in [-0.2, 0) is 15.0 Å². The predicted molar refractivity (Wildman–Crippen MR) is 90.7 cm³/mol. The van der Waals surface area contributed by atoms with Crippen molar-refractivity contribution < 1.29 is 19.1 Å². The molecule has 23 heavy (non-hydrogen) atoms. The van der Waals surface area contributed by atoms with E-state index in [-0.39, 0.29) is 13.2 Å². The van der Waals surface area contributed by atoms with E-state index in [0.29, 0.717) is 0 Å². The van der Waals surface area contributed by atoms with Crippen LogP contribution < -0.4 is 5.43 Å². The molecule has 1 atom stereocenters. The topological polar surface area (TPSA) is 67.9 Å². The van der Waals surface area contributed by atoms with Crippen molar-refractivity contribution in [2.24, 2.45) is 0 Å². The van der Waals surface area contributed by atoms with Crippen molar-refractivity contribution in [1.29, 1.82) is 0 Å². The SMILES string of the molecule is C=CC(C)(c1ccc(Br)cc1)N(NC(=O)OCC)C(=O)OCC. The summed E-state index contributed by atoms with van der Waals surface area (Å²) in [7, 11) is 0. The highest BCUT2D eigenvalue weighted by Gasteiger charge is 2.37. The van der Waals surface area contributed by atoms with Gasteiger partial charge in [0.1, 0.15) is 5.54 Å². The summed E-state index contributed by atoms with van der Waals surface area (Å²) in [6, 6.07) is 7.32. The second-order valence-electron chi connectivity index (χ2n) is 4.73. The molecule has 0 spiro atoms. The summed E-state index contributed by atoms with van der Waals surface area (Å²) >= 11 is 3.36. The molecule has 0 radical (unpaired) electrons. The predicted octanol–water partition coefficient (Wildman–Crippen LogP) is 3.97. The molecular formula is C16H21BrN2O4. The molecule has 7 heteroatoms. The van der Waals surface area contributed by atoms with Gasteiger partial charge in [-0.05, 0) is 38.5 Å². The van der Waals surface area contributed by atoms with E-state index >= 15 is 0 Å². The molecule has 0 aliphatic heterocycles. The van der Waals surface area contributed by atoms with Gasteiger partial charge in [-0.25, -0.2) is 20.0 Å². The van der Waals surface area contributed by atoms with Crippen molar-refractivity contribution in [3.05, 3.63) is 47.0 Å². The molecule has 1 rings (SSSR count). The fourth-order valence-electron chi connectivity index (χ4n) is 1.92. The lowest BCUT2D eigenvalue weighted by Crippen LogP contribution is -2.56. The van der Waals surface area contributed by atoms with Crippen LogP contribution in [0.1, 0.15) is 26.3 Å². The first-order valence-corrected chi connectivity index (χ1v) is 7.98. The van der Waals surface area contributed by atoms with E-state index in [1.165, 1.54) is 0 Å². The van der Waals surface area contributed by atoms with Gasteiger partial charge in [-0.1, -0.05) is 34.1 Å². The third-order valence-electron chi connectivity index (χ3n) is 3.22. The number of amides is 2. The molecular weight excluding hydrogens is 364 g/mol. The fourth-order valence-corrected chi connectivity index (χ4v) is 2.18. The molecule has 0 aliphatic carbocycles. The van der Waals surface area contributed by atoms with Crippen molar-refractivity contribution in [3.63, 3.8) is 0 Å². The van der Waals surface area contributed by atoms with Crippen molar-refractivity contribution in [2.45, 2.75) is 26.3 Å². The largest absolute Gasteiger partial charge is 0.449 e. The van der Waals surface area contributed by atoms with Crippen LogP contribution in [0.4, 0.5) is 9.59 Å². The summed E-state index contributed by atoms with van der Waals surface area (Å²) in [5.74, 6) is 0. The first kappa shape index (κ1) is 19.0. The number of nitrogens with one attached hydrogen (secondary N) is 1. The van der Waals surface area contributed by atoms with Gasteiger partial charge in [-0.2, -0.15) is 0 Å². The number of ether oxygens (including phenoxy) is 2. The zero-order valence-electron chi connectivity index (χ0n) is 13.5. The Morgan fingerprint density at radius 2 is 1.83 bits per heavy atom. The maximum absolute atomic E-state index is 12.3. The molecule has 0 saturated carbocycles. The average molecular weight is 385 g/mol. The van der Waals surface area contributed by atoms with E-state index in [9.17, 15) is 9.59 Å². The van der Waals surface area contributed by atoms with Crippen LogP contribution in [0, 0.1) is 0 Å². The third kappa shape index (κ3) is 4.72. The van der Waals surface area contributed by atoms with Crippen LogP contribution in [0.25, 0.3) is 0 Å². The Morgan fingerprint density at radius 1 is 1.26 bits per heavy atom. The van der Waals surface area contributed by atoms with Gasteiger partial charge >= 0.3 is 12.2 Å². The van der Waals surface area contributed by atoms with E-state index in [4.69, 9.17) is 9.47 Å². The molecule has 126 valence electrons. The number of rotatable bonds is 5. The summed E-state index contributed by atoms with van der Waals surface area (Å²) in [6.45, 7) is 9.26. The number of nitrogens with zero attached hydrogens (tertiary/aromatic N) is 1. The fraction of sp³-hybridized carbons (Fsp3) is 0.375. The quantitative estimate of drug-likeness (QED) is 0.615. The van der Waals surface area contributed by atoms with Gasteiger partial charge in [0.05, 0.1) is 13.2 Å². The van der Waals surface area contributed by atoms with Gasteiger partial charge in [0.25, 0.3) is 0 Å². The molecule has 1 aromatic carbocycles. The number of carbonyl (C=O) groups is 2. The Hall–Kier alpha value is -2.02. The van der Waals surface area contributed by atoms with Crippen molar-refractivity contribution in [2.75, 3.05) is 13.2 Å². The molecule has 0 saturated heterocycles. The van der Waals surface area contributed by atoms with Crippen LogP contribution in [0.2, 0.25) is 0 Å². The Bertz CT molecular complexity index is 562. The second-order valence-corrected chi connectivity index (χ2v) is 5.64. The number of halogens is 1. The van der Waals surface area contributed by atoms with E-state index < -0.39 is 17.7 Å². The van der Waals surface area contributed by atoms with Gasteiger partial charge in [0, 0.05) is 4.47 Å². The van der Waals surface area contributed by atoms with Crippen molar-refractivity contribution >= 4 is 28.1 Å². The van der Waals surface area contributed by atoms with E-state index in [0.717, 1.165) is 15.0 Å². The molecule has 0 bridgehead atoms. The highest BCUT2D eigenvalue weighted by atomic mass is 79.9. The van der Waals surface area contributed by atoms with Gasteiger partial charge < -0.3 is 9.47 Å². The maximum atomic E-state index is 12.3. The summed E-state index contributed by atoms with van der Waals surface area (Å²) < 4.78 is 10.8. The molecule has 0 heterocycles. The Kier molecular flexibility index (Phi) is 7.09. The normalized spacial score (nSPS) is 12.7. The molecule has 2 amide bonds. The first-order valence-electron chi connectivity index (χ1n) is 7.19. The first-order chi connectivity index (χ1) is 10.9. The number of hydrogen-bond donors (Lipinski definition) is 1. The summed E-state index contributed by atoms with van der Waals surface area (Å²) in [6.07, 6.45) is 0.107. The Labute approximate surface area is 144 Å². The average Bonchev–Trinajstić information content (AvgIpc) is 2.53. The van der Waals surface area contributed by atoms with Crippen LogP contribution in [0.3, 0.4) is 0 Å². The van der Waals surface area contributed by atoms with E-state index in [1.54, 1.807) is 26.8 Å². The molecule has 0 aliphatic rings. The van der Waals surface area contributed by atoms with Crippen molar-refractivity contribution in [3.8, 4) is 0 Å². The van der Waals surface area contributed by atoms with Gasteiger partial charge in [0.2, 0.25) is 0 Å². The number of hydrazine groups is 1. The molecule has 1 unspecified atom stereocenters. The number of carbonyl (C=O) groups excluding carboxylic acids is 2. The lowest BCUT2D eigenvalue weighted by atomic mass is 9.91.